The summed E-state index contributed by atoms with van der Waals surface area (Å²) in [6, 6.07) is 19.1. The van der Waals surface area contributed by atoms with E-state index in [0.29, 0.717) is 28.9 Å². The number of esters is 1. The van der Waals surface area contributed by atoms with Crippen LogP contribution in [0, 0.1) is 13.8 Å². The number of aliphatic hydroxyl groups excluding tert-OH is 1. The summed E-state index contributed by atoms with van der Waals surface area (Å²) in [5.74, 6) is -2.29. The average Bonchev–Trinajstić information content (AvgIpc) is 3.41. The third-order valence-corrected chi connectivity index (χ3v) is 6.98. The van der Waals surface area contributed by atoms with Gasteiger partial charge in [-0.15, -0.1) is 0 Å². The Balaban J connectivity index is 1.64. The molecule has 8 nitrogen and oxygen atoms in total. The molecule has 8 heteroatoms. The second-order valence-electron chi connectivity index (χ2n) is 9.27. The first-order valence-corrected chi connectivity index (χ1v) is 12.3. The highest BCUT2D eigenvalue weighted by Gasteiger charge is 2.46. The summed E-state index contributed by atoms with van der Waals surface area (Å²) in [5, 5.41) is 11.5. The number of carbonyl (C=O) groups excluding carboxylic acids is 3. The number of carbonyl (C=O) groups is 3. The third kappa shape index (κ3) is 4.24. The van der Waals surface area contributed by atoms with Crippen LogP contribution in [-0.4, -0.2) is 50.7 Å². The zero-order chi connectivity index (χ0) is 27.0. The fourth-order valence-corrected chi connectivity index (χ4v) is 4.94. The summed E-state index contributed by atoms with van der Waals surface area (Å²) < 4.78 is 6.64. The van der Waals surface area contributed by atoms with Gasteiger partial charge in [-0.25, -0.2) is 9.78 Å². The fraction of sp³-hybridized carbons (Fsp3) is 0.200. The van der Waals surface area contributed by atoms with E-state index in [1.165, 1.54) is 12.0 Å². The lowest BCUT2D eigenvalue weighted by Crippen LogP contribution is -2.31. The van der Waals surface area contributed by atoms with Crippen LogP contribution in [0.5, 0.6) is 0 Å². The van der Waals surface area contributed by atoms with Crippen molar-refractivity contribution in [1.82, 2.24) is 14.3 Å². The number of imidazole rings is 1. The van der Waals surface area contributed by atoms with Crippen molar-refractivity contribution in [3.05, 3.63) is 112 Å². The first kappa shape index (κ1) is 25.0. The molecule has 1 aliphatic heterocycles. The van der Waals surface area contributed by atoms with Crippen LogP contribution in [0.3, 0.4) is 0 Å². The number of hydrogen-bond acceptors (Lipinski definition) is 6. The average molecular weight is 510 g/mol. The minimum atomic E-state index is -0.851. The summed E-state index contributed by atoms with van der Waals surface area (Å²) in [6.07, 6.45) is 2.36. The van der Waals surface area contributed by atoms with Crippen LogP contribution < -0.4 is 0 Å². The molecule has 4 aromatic rings. The van der Waals surface area contributed by atoms with E-state index in [4.69, 9.17) is 4.74 Å². The van der Waals surface area contributed by atoms with Gasteiger partial charge in [0.2, 0.25) is 0 Å². The van der Waals surface area contributed by atoms with Gasteiger partial charge in [0.15, 0.2) is 5.76 Å². The summed E-state index contributed by atoms with van der Waals surface area (Å²) in [5.41, 5.74) is 4.37. The van der Waals surface area contributed by atoms with Crippen molar-refractivity contribution >= 4 is 29.1 Å². The number of amides is 1. The fourth-order valence-electron chi connectivity index (χ4n) is 4.94. The lowest BCUT2D eigenvalue weighted by atomic mass is 9.95. The summed E-state index contributed by atoms with van der Waals surface area (Å²) in [7, 11) is 1.30. The van der Waals surface area contributed by atoms with Crippen molar-refractivity contribution in [3.8, 4) is 0 Å². The number of nitrogens with zero attached hydrogens (tertiary/aromatic N) is 3. The Morgan fingerprint density at radius 2 is 1.71 bits per heavy atom. The number of benzene rings is 2. The quantitative estimate of drug-likeness (QED) is 0.179. The maximum Gasteiger partial charge on any atom is 0.337 e. The molecule has 0 spiro atoms. The van der Waals surface area contributed by atoms with E-state index in [-0.39, 0.29) is 23.6 Å². The zero-order valence-corrected chi connectivity index (χ0v) is 21.3. The van der Waals surface area contributed by atoms with Gasteiger partial charge in [0.05, 0.1) is 30.0 Å². The first-order chi connectivity index (χ1) is 18.3. The highest BCUT2D eigenvalue weighted by molar-refractivity contribution is 6.46. The number of aromatic nitrogens is 2. The van der Waals surface area contributed by atoms with Crippen LogP contribution in [0.4, 0.5) is 0 Å². The van der Waals surface area contributed by atoms with Crippen molar-refractivity contribution in [3.63, 3.8) is 0 Å². The van der Waals surface area contributed by atoms with Crippen LogP contribution in [0.15, 0.2) is 78.5 Å². The molecule has 1 amide bonds. The van der Waals surface area contributed by atoms with Crippen LogP contribution in [0.25, 0.3) is 11.4 Å². The largest absolute Gasteiger partial charge is 0.505 e. The minimum Gasteiger partial charge on any atom is -0.505 e. The zero-order valence-electron chi connectivity index (χ0n) is 21.3. The van der Waals surface area contributed by atoms with Gasteiger partial charge in [0.25, 0.3) is 11.7 Å². The number of aliphatic hydroxyl groups is 1. The Morgan fingerprint density at radius 3 is 2.37 bits per heavy atom. The Kier molecular flexibility index (Phi) is 6.55. The molecular weight excluding hydrogens is 482 g/mol. The third-order valence-electron chi connectivity index (χ3n) is 6.98. The molecule has 0 bridgehead atoms. The maximum absolute atomic E-state index is 13.4. The Labute approximate surface area is 219 Å². The Bertz CT molecular complexity index is 1590. The second kappa shape index (κ2) is 9.97. The summed E-state index contributed by atoms with van der Waals surface area (Å²) >= 11 is 0. The number of methoxy groups -OCH3 is 1. The van der Waals surface area contributed by atoms with E-state index in [1.54, 1.807) is 31.2 Å². The standard InChI is InChI=1S/C30H27N3O5/c1-18-8-7-16-32-19(2)24(31-28(18)32)26(34)23-25(21-11-13-22(14-12-21)30(37)38-3)33(29(36)27(23)35)17-15-20-9-5-4-6-10-20/h4-14,16,25,34H,15,17H2,1-3H3. The van der Waals surface area contributed by atoms with E-state index in [2.05, 4.69) is 4.98 Å². The lowest BCUT2D eigenvalue weighted by Gasteiger charge is -2.25. The van der Waals surface area contributed by atoms with E-state index in [1.807, 2.05) is 60.0 Å². The number of fused-ring (bicyclic) bond motifs is 1. The number of ether oxygens (including phenoxy) is 1. The lowest BCUT2D eigenvalue weighted by molar-refractivity contribution is -0.139. The molecule has 3 heterocycles. The number of pyridine rings is 1. The number of rotatable bonds is 6. The molecular formula is C30H27N3O5. The molecule has 2 aromatic heterocycles. The summed E-state index contributed by atoms with van der Waals surface area (Å²) in [4.78, 5) is 44.8. The number of hydrogen-bond donors (Lipinski definition) is 1. The molecule has 1 atom stereocenters. The van der Waals surface area contributed by atoms with Crippen molar-refractivity contribution < 1.29 is 24.2 Å². The normalized spacial score (nSPS) is 16.8. The summed E-state index contributed by atoms with van der Waals surface area (Å²) in [6.45, 7) is 3.98. The molecule has 0 radical (unpaired) electrons. The molecule has 2 aromatic carbocycles. The van der Waals surface area contributed by atoms with Gasteiger partial charge < -0.3 is 19.1 Å². The molecule has 38 heavy (non-hydrogen) atoms. The van der Waals surface area contributed by atoms with Crippen LogP contribution in [-0.2, 0) is 20.7 Å². The van der Waals surface area contributed by atoms with Gasteiger partial charge in [-0.1, -0.05) is 48.5 Å². The monoisotopic (exact) mass is 509 g/mol. The predicted molar refractivity (Wildman–Crippen MR) is 142 cm³/mol. The van der Waals surface area contributed by atoms with Crippen molar-refractivity contribution in [2.24, 2.45) is 0 Å². The van der Waals surface area contributed by atoms with Crippen LogP contribution in [0.1, 0.15) is 44.5 Å². The first-order valence-electron chi connectivity index (χ1n) is 12.3. The second-order valence-corrected chi connectivity index (χ2v) is 9.27. The van der Waals surface area contributed by atoms with Gasteiger partial charge in [0.1, 0.15) is 11.3 Å². The molecule has 1 N–H and O–H groups in total. The van der Waals surface area contributed by atoms with Gasteiger partial charge >= 0.3 is 5.97 Å². The highest BCUT2D eigenvalue weighted by Crippen LogP contribution is 2.40. The van der Waals surface area contributed by atoms with Gasteiger partial charge in [-0.2, -0.15) is 0 Å². The molecule has 1 unspecified atom stereocenters. The number of likely N-dealkylation sites (tertiary alicyclic amines) is 1. The molecule has 1 aliphatic rings. The molecule has 192 valence electrons. The number of ketones is 1. The van der Waals surface area contributed by atoms with E-state index in [9.17, 15) is 19.5 Å². The topological polar surface area (TPSA) is 101 Å². The van der Waals surface area contributed by atoms with Crippen LogP contribution >= 0.6 is 0 Å². The molecule has 0 aliphatic carbocycles. The Hall–Kier alpha value is -4.72. The molecule has 5 rings (SSSR count). The SMILES string of the molecule is COC(=O)c1ccc(C2C(=C(O)c3nc4c(C)cccn4c3C)C(=O)C(=O)N2CCc2ccccc2)cc1. The highest BCUT2D eigenvalue weighted by atomic mass is 16.5. The van der Waals surface area contributed by atoms with Gasteiger partial charge in [0, 0.05) is 12.7 Å². The van der Waals surface area contributed by atoms with Gasteiger partial charge in [-0.05, 0) is 55.2 Å². The van der Waals surface area contributed by atoms with Crippen molar-refractivity contribution in [2.75, 3.05) is 13.7 Å². The Morgan fingerprint density at radius 1 is 1.00 bits per heavy atom. The number of aryl methyl sites for hydroxylation is 2. The van der Waals surface area contributed by atoms with Crippen molar-refractivity contribution in [2.45, 2.75) is 26.3 Å². The van der Waals surface area contributed by atoms with Crippen LogP contribution in [0.2, 0.25) is 0 Å². The minimum absolute atomic E-state index is 0.0296. The maximum atomic E-state index is 13.4. The molecule has 0 saturated carbocycles. The van der Waals surface area contributed by atoms with E-state index >= 15 is 0 Å². The van der Waals surface area contributed by atoms with E-state index < -0.39 is 23.7 Å². The smallest absolute Gasteiger partial charge is 0.337 e. The number of Topliss-reactive ketones (excluding diaryl/α,β-unsaturated/α-hetero) is 1. The van der Waals surface area contributed by atoms with E-state index in [0.717, 1.165) is 11.1 Å². The predicted octanol–water partition coefficient (Wildman–Crippen LogP) is 4.40. The molecule has 1 fully saturated rings. The molecule has 1 saturated heterocycles. The van der Waals surface area contributed by atoms with Crippen molar-refractivity contribution in [1.29, 1.82) is 0 Å². The van der Waals surface area contributed by atoms with Gasteiger partial charge in [-0.3, -0.25) is 9.59 Å².